The first-order chi connectivity index (χ1) is 5.81. The zero-order valence-corrected chi connectivity index (χ0v) is 9.26. The lowest BCUT2D eigenvalue weighted by Gasteiger charge is -2.34. The van der Waals surface area contributed by atoms with Crippen LogP contribution in [0.2, 0.25) is 0 Å². The topological polar surface area (TPSA) is 26.3 Å². The van der Waals surface area contributed by atoms with E-state index in [0.717, 1.165) is 0 Å². The lowest BCUT2D eigenvalue weighted by Crippen LogP contribution is -2.51. The van der Waals surface area contributed by atoms with Crippen LogP contribution in [0.25, 0.3) is 0 Å². The van der Waals surface area contributed by atoms with Crippen molar-refractivity contribution in [3.05, 3.63) is 12.2 Å². The second kappa shape index (κ2) is 4.53. The number of ether oxygens (including phenoxy) is 1. The first-order valence-corrected chi connectivity index (χ1v) is 4.35. The highest BCUT2D eigenvalue weighted by Gasteiger charge is 2.26. The average molecular weight is 186 g/mol. The van der Waals surface area contributed by atoms with E-state index in [0.29, 0.717) is 16.6 Å². The summed E-state index contributed by atoms with van der Waals surface area (Å²) in [5.74, 6) is 0.0916. The number of rotatable bonds is 5. The Morgan fingerprint density at radius 2 is 2.00 bits per heavy atom. The van der Waals surface area contributed by atoms with Crippen molar-refractivity contribution in [3.8, 4) is 0 Å². The van der Waals surface area contributed by atoms with Gasteiger partial charge in [0.2, 0.25) is 5.78 Å². The van der Waals surface area contributed by atoms with Gasteiger partial charge >= 0.3 is 0 Å². The van der Waals surface area contributed by atoms with Gasteiger partial charge in [0.15, 0.2) is 6.23 Å². The van der Waals surface area contributed by atoms with Crippen molar-refractivity contribution >= 4 is 5.78 Å². The number of carbonyl (C=O) groups is 1. The molecule has 0 saturated heterocycles. The SMILES string of the molecule is C=C(C)C(=O)C[N+](C)(C)C(C)OC. The van der Waals surface area contributed by atoms with Crippen LogP contribution in [0.1, 0.15) is 13.8 Å². The molecule has 0 aromatic carbocycles. The molecule has 1 atom stereocenters. The highest BCUT2D eigenvalue weighted by atomic mass is 16.5. The van der Waals surface area contributed by atoms with Gasteiger partial charge in [-0.1, -0.05) is 6.58 Å². The Hall–Kier alpha value is -0.670. The number of carbonyl (C=O) groups excluding carboxylic acids is 1. The fourth-order valence-electron chi connectivity index (χ4n) is 0.919. The molecule has 13 heavy (non-hydrogen) atoms. The van der Waals surface area contributed by atoms with Crippen LogP contribution >= 0.6 is 0 Å². The monoisotopic (exact) mass is 186 g/mol. The minimum absolute atomic E-state index is 0.0169. The molecule has 0 aromatic rings. The van der Waals surface area contributed by atoms with E-state index >= 15 is 0 Å². The number of methoxy groups -OCH3 is 1. The summed E-state index contributed by atoms with van der Waals surface area (Å²) in [6.07, 6.45) is 0.0169. The third-order valence-corrected chi connectivity index (χ3v) is 2.35. The number of ketones is 1. The number of hydrogen-bond acceptors (Lipinski definition) is 2. The molecule has 3 heteroatoms. The van der Waals surface area contributed by atoms with Gasteiger partial charge in [0.05, 0.1) is 14.1 Å². The van der Waals surface area contributed by atoms with Crippen molar-refractivity contribution in [2.75, 3.05) is 27.7 Å². The molecule has 0 rings (SSSR count). The van der Waals surface area contributed by atoms with E-state index in [2.05, 4.69) is 6.58 Å². The maximum Gasteiger partial charge on any atom is 0.212 e. The predicted octanol–water partition coefficient (Wildman–Crippen LogP) is 1.20. The lowest BCUT2D eigenvalue weighted by atomic mass is 10.2. The van der Waals surface area contributed by atoms with Gasteiger partial charge in [-0.15, -0.1) is 0 Å². The molecule has 3 nitrogen and oxygen atoms in total. The molecule has 0 radical (unpaired) electrons. The highest BCUT2D eigenvalue weighted by Crippen LogP contribution is 2.08. The molecule has 0 aliphatic rings. The predicted molar refractivity (Wildman–Crippen MR) is 53.3 cm³/mol. The third-order valence-electron chi connectivity index (χ3n) is 2.35. The highest BCUT2D eigenvalue weighted by molar-refractivity contribution is 5.95. The Labute approximate surface area is 80.6 Å². The fraction of sp³-hybridized carbons (Fsp3) is 0.700. The maximum absolute atomic E-state index is 11.4. The molecule has 0 bridgehead atoms. The summed E-state index contributed by atoms with van der Waals surface area (Å²) in [6.45, 7) is 7.74. The second-order valence-corrected chi connectivity index (χ2v) is 3.98. The van der Waals surface area contributed by atoms with Gasteiger partial charge in [0, 0.05) is 14.0 Å². The van der Waals surface area contributed by atoms with Gasteiger partial charge < -0.3 is 4.74 Å². The van der Waals surface area contributed by atoms with E-state index in [1.54, 1.807) is 14.0 Å². The Kier molecular flexibility index (Phi) is 4.30. The molecule has 0 aliphatic carbocycles. The largest absolute Gasteiger partial charge is 0.333 e. The molecule has 0 saturated carbocycles. The second-order valence-electron chi connectivity index (χ2n) is 3.98. The van der Waals surface area contributed by atoms with Crippen LogP contribution < -0.4 is 0 Å². The Morgan fingerprint density at radius 1 is 1.54 bits per heavy atom. The molecule has 0 amide bonds. The van der Waals surface area contributed by atoms with Gasteiger partial charge in [-0.2, -0.15) is 0 Å². The summed E-state index contributed by atoms with van der Waals surface area (Å²) in [6, 6.07) is 0. The first kappa shape index (κ1) is 12.3. The van der Waals surface area contributed by atoms with Crippen molar-refractivity contribution < 1.29 is 14.0 Å². The van der Waals surface area contributed by atoms with Gasteiger partial charge in [-0.3, -0.25) is 9.28 Å². The van der Waals surface area contributed by atoms with Crippen molar-refractivity contribution in [3.63, 3.8) is 0 Å². The van der Waals surface area contributed by atoms with E-state index in [4.69, 9.17) is 4.74 Å². The molecule has 0 N–H and O–H groups in total. The van der Waals surface area contributed by atoms with Gasteiger partial charge in [0.1, 0.15) is 6.54 Å². The molecular weight excluding hydrogens is 166 g/mol. The van der Waals surface area contributed by atoms with Crippen LogP contribution in [-0.4, -0.2) is 44.2 Å². The summed E-state index contributed by atoms with van der Waals surface area (Å²) < 4.78 is 5.72. The number of hydrogen-bond donors (Lipinski definition) is 0. The third kappa shape index (κ3) is 3.70. The van der Waals surface area contributed by atoms with Crippen LogP contribution in [0.3, 0.4) is 0 Å². The van der Waals surface area contributed by atoms with Gasteiger partial charge in [0.25, 0.3) is 0 Å². The van der Waals surface area contributed by atoms with Crippen molar-refractivity contribution in [2.24, 2.45) is 0 Å². The van der Waals surface area contributed by atoms with Crippen LogP contribution in [0, 0.1) is 0 Å². The minimum Gasteiger partial charge on any atom is -0.333 e. The van der Waals surface area contributed by atoms with Gasteiger partial charge in [-0.05, 0) is 12.5 Å². The average Bonchev–Trinajstić information content (AvgIpc) is 2.01. The van der Waals surface area contributed by atoms with Crippen LogP contribution in [0.15, 0.2) is 12.2 Å². The van der Waals surface area contributed by atoms with Crippen LogP contribution in [-0.2, 0) is 9.53 Å². The smallest absolute Gasteiger partial charge is 0.212 e. The first-order valence-electron chi connectivity index (χ1n) is 4.35. The number of likely N-dealkylation sites (N-methyl/N-ethyl adjacent to an activating group) is 1. The summed E-state index contributed by atoms with van der Waals surface area (Å²) in [4.78, 5) is 11.4. The standard InChI is InChI=1S/C10H20NO2/c1-8(2)10(12)7-11(4,5)9(3)13-6/h9H,1,7H2,2-6H3/q+1. The van der Waals surface area contributed by atoms with E-state index in [1.807, 2.05) is 21.0 Å². The van der Waals surface area contributed by atoms with Crippen LogP contribution in [0.4, 0.5) is 0 Å². The molecule has 0 aromatic heterocycles. The van der Waals surface area contributed by atoms with Crippen molar-refractivity contribution in [1.82, 2.24) is 0 Å². The zero-order chi connectivity index (χ0) is 10.6. The number of quaternary nitrogens is 1. The maximum atomic E-state index is 11.4. The quantitative estimate of drug-likeness (QED) is 0.366. The summed E-state index contributed by atoms with van der Waals surface area (Å²) in [5, 5.41) is 0. The lowest BCUT2D eigenvalue weighted by molar-refractivity contribution is -0.927. The zero-order valence-electron chi connectivity index (χ0n) is 9.26. The molecule has 76 valence electrons. The molecule has 0 heterocycles. The van der Waals surface area contributed by atoms with Gasteiger partial charge in [-0.25, -0.2) is 0 Å². The van der Waals surface area contributed by atoms with Crippen molar-refractivity contribution in [1.29, 1.82) is 0 Å². The van der Waals surface area contributed by atoms with E-state index < -0.39 is 0 Å². The summed E-state index contributed by atoms with van der Waals surface area (Å²) in [5.41, 5.74) is 0.606. The molecule has 0 aliphatic heterocycles. The minimum atomic E-state index is 0.0169. The van der Waals surface area contributed by atoms with Crippen molar-refractivity contribution in [2.45, 2.75) is 20.1 Å². The Morgan fingerprint density at radius 3 is 2.31 bits per heavy atom. The van der Waals surface area contributed by atoms with E-state index in [9.17, 15) is 4.79 Å². The Balaban J connectivity index is 4.33. The summed E-state index contributed by atoms with van der Waals surface area (Å²) >= 11 is 0. The van der Waals surface area contributed by atoms with E-state index in [-0.39, 0.29) is 12.0 Å². The van der Waals surface area contributed by atoms with Crippen LogP contribution in [0.5, 0.6) is 0 Å². The normalized spacial score (nSPS) is 13.9. The number of nitrogens with zero attached hydrogens (tertiary/aromatic N) is 1. The molecule has 1 unspecified atom stereocenters. The molecular formula is C10H20NO2+. The summed E-state index contributed by atoms with van der Waals surface area (Å²) in [7, 11) is 5.58. The number of Topliss-reactive ketones (excluding diaryl/α,β-unsaturated/α-hetero) is 1. The Bertz CT molecular complexity index is 209. The molecule has 0 fully saturated rings. The van der Waals surface area contributed by atoms with E-state index in [1.165, 1.54) is 0 Å². The molecule has 0 spiro atoms. The fourth-order valence-corrected chi connectivity index (χ4v) is 0.919.